The van der Waals surface area contributed by atoms with Crippen molar-refractivity contribution in [3.05, 3.63) is 89.0 Å². The van der Waals surface area contributed by atoms with Gasteiger partial charge in [0.25, 0.3) is 5.91 Å². The van der Waals surface area contributed by atoms with Crippen molar-refractivity contribution >= 4 is 23.9 Å². The van der Waals surface area contributed by atoms with Crippen molar-refractivity contribution in [1.82, 2.24) is 9.80 Å². The number of hydrogen-bond acceptors (Lipinski definition) is 9. The molecule has 3 aromatic rings. The average Bonchev–Trinajstić information content (AvgIpc) is 3.04. The van der Waals surface area contributed by atoms with Crippen molar-refractivity contribution < 1.29 is 38.1 Å². The van der Waals surface area contributed by atoms with Crippen LogP contribution in [0.1, 0.15) is 52.6 Å². The molecule has 2 amide bonds. The number of ether oxygens (including phenoxy) is 5. The molecular weight excluding hydrogens is 566 g/mol. The zero-order chi connectivity index (χ0) is 31.5. The molecule has 0 unspecified atom stereocenters. The molecule has 0 aromatic heterocycles. The third-order valence-electron chi connectivity index (χ3n) is 6.73. The van der Waals surface area contributed by atoms with Crippen molar-refractivity contribution in [2.75, 3.05) is 46.0 Å². The first-order chi connectivity index (χ1) is 21.3. The molecule has 1 saturated heterocycles. The molecule has 1 heterocycles. The lowest BCUT2D eigenvalue weighted by Gasteiger charge is -2.34. The second-order valence-electron chi connectivity index (χ2n) is 9.77. The van der Waals surface area contributed by atoms with E-state index < -0.39 is 0 Å². The van der Waals surface area contributed by atoms with Gasteiger partial charge in [0.1, 0.15) is 23.9 Å². The summed E-state index contributed by atoms with van der Waals surface area (Å²) in [5.41, 5.74) is 2.25. The molecule has 1 aliphatic heterocycles. The molecule has 4 rings (SSSR count). The van der Waals surface area contributed by atoms with E-state index in [1.165, 1.54) is 0 Å². The number of esters is 1. The largest absolute Gasteiger partial charge is 0.489 e. The van der Waals surface area contributed by atoms with Gasteiger partial charge >= 0.3 is 12.1 Å². The summed E-state index contributed by atoms with van der Waals surface area (Å²) in [6, 6.07) is 18.8. The van der Waals surface area contributed by atoms with Gasteiger partial charge in [-0.15, -0.1) is 0 Å². The minimum absolute atomic E-state index is 0.0701. The van der Waals surface area contributed by atoms with Crippen molar-refractivity contribution in [1.29, 1.82) is 5.41 Å². The topological polar surface area (TPSA) is 128 Å². The Morgan fingerprint density at radius 3 is 1.89 bits per heavy atom. The Morgan fingerprint density at radius 1 is 0.659 bits per heavy atom. The van der Waals surface area contributed by atoms with E-state index in [2.05, 4.69) is 0 Å². The van der Waals surface area contributed by atoms with Gasteiger partial charge in [0.2, 0.25) is 5.90 Å². The molecule has 1 aliphatic rings. The van der Waals surface area contributed by atoms with Gasteiger partial charge in [-0.2, -0.15) is 0 Å². The number of amides is 2. The Balaban J connectivity index is 1.52. The van der Waals surface area contributed by atoms with Gasteiger partial charge in [-0.1, -0.05) is 12.1 Å². The third kappa shape index (κ3) is 8.50. The summed E-state index contributed by atoms with van der Waals surface area (Å²) >= 11 is 0. The first-order valence-electron chi connectivity index (χ1n) is 14.6. The van der Waals surface area contributed by atoms with Gasteiger partial charge in [0, 0.05) is 43.4 Å². The monoisotopic (exact) mass is 603 g/mol. The van der Waals surface area contributed by atoms with E-state index in [-0.39, 0.29) is 30.5 Å². The highest BCUT2D eigenvalue weighted by molar-refractivity contribution is 5.95. The lowest BCUT2D eigenvalue weighted by Crippen LogP contribution is -2.50. The number of carbonyl (C=O) groups excluding carboxylic acids is 3. The summed E-state index contributed by atoms with van der Waals surface area (Å²) in [6.45, 7) is 7.96. The zero-order valence-corrected chi connectivity index (χ0v) is 25.2. The first kappa shape index (κ1) is 31.9. The van der Waals surface area contributed by atoms with E-state index in [1.54, 1.807) is 90.4 Å². The van der Waals surface area contributed by atoms with Crippen LogP contribution in [-0.2, 0) is 20.8 Å². The minimum Gasteiger partial charge on any atom is -0.489 e. The molecule has 1 fully saturated rings. The lowest BCUT2D eigenvalue weighted by molar-refractivity contribution is 0.0526. The molecule has 11 nitrogen and oxygen atoms in total. The number of rotatable bonds is 11. The SMILES string of the molecule is CCOC(=N)c1ccc(Oc2cc(OCc3ccc(C(=O)OCC)cc3)cc(C(=O)N3CCN(C(=O)OCC)CC3)c2)cc1. The smallest absolute Gasteiger partial charge is 0.409 e. The van der Waals surface area contributed by atoms with Gasteiger partial charge in [-0.05, 0) is 74.9 Å². The number of carbonyl (C=O) groups is 3. The van der Waals surface area contributed by atoms with Gasteiger partial charge < -0.3 is 33.5 Å². The minimum atomic E-state index is -0.390. The van der Waals surface area contributed by atoms with E-state index in [1.807, 2.05) is 6.92 Å². The zero-order valence-electron chi connectivity index (χ0n) is 25.2. The van der Waals surface area contributed by atoms with Crippen LogP contribution >= 0.6 is 0 Å². The van der Waals surface area contributed by atoms with Crippen molar-refractivity contribution in [3.63, 3.8) is 0 Å². The molecule has 11 heteroatoms. The Hall–Kier alpha value is -5.06. The third-order valence-corrected chi connectivity index (χ3v) is 6.73. The predicted octanol–water partition coefficient (Wildman–Crippen LogP) is 5.51. The average molecular weight is 604 g/mol. The normalized spacial score (nSPS) is 12.7. The summed E-state index contributed by atoms with van der Waals surface area (Å²) in [5.74, 6) is 0.773. The van der Waals surface area contributed by atoms with Gasteiger partial charge in [0.05, 0.1) is 25.4 Å². The van der Waals surface area contributed by atoms with Crippen LogP contribution in [0.4, 0.5) is 4.79 Å². The van der Waals surface area contributed by atoms with Crippen molar-refractivity contribution in [2.24, 2.45) is 0 Å². The van der Waals surface area contributed by atoms with Crippen LogP contribution in [0.5, 0.6) is 17.2 Å². The molecule has 0 saturated carbocycles. The maximum Gasteiger partial charge on any atom is 0.409 e. The fraction of sp³-hybridized carbons (Fsp3) is 0.333. The first-order valence-corrected chi connectivity index (χ1v) is 14.6. The molecule has 0 bridgehead atoms. The number of benzene rings is 3. The van der Waals surface area contributed by atoms with Crippen LogP contribution in [0.2, 0.25) is 0 Å². The maximum atomic E-state index is 13.6. The summed E-state index contributed by atoms with van der Waals surface area (Å²) in [7, 11) is 0. The Kier molecular flexibility index (Phi) is 11.2. The van der Waals surface area contributed by atoms with E-state index in [0.717, 1.165) is 5.56 Å². The van der Waals surface area contributed by atoms with E-state index >= 15 is 0 Å². The van der Waals surface area contributed by atoms with Crippen LogP contribution in [0.3, 0.4) is 0 Å². The molecule has 0 radical (unpaired) electrons. The molecule has 0 aliphatic carbocycles. The molecule has 232 valence electrons. The summed E-state index contributed by atoms with van der Waals surface area (Å²) in [5, 5.41) is 7.97. The highest BCUT2D eigenvalue weighted by Gasteiger charge is 2.26. The summed E-state index contributed by atoms with van der Waals surface area (Å²) < 4.78 is 27.6. The molecular formula is C33H37N3O8. The van der Waals surface area contributed by atoms with Gasteiger partial charge in [-0.3, -0.25) is 10.2 Å². The Bertz CT molecular complexity index is 1450. The number of piperazine rings is 1. The second-order valence-corrected chi connectivity index (χ2v) is 9.77. The fourth-order valence-electron chi connectivity index (χ4n) is 4.48. The fourth-order valence-corrected chi connectivity index (χ4v) is 4.48. The summed E-state index contributed by atoms with van der Waals surface area (Å²) in [4.78, 5) is 40.9. The highest BCUT2D eigenvalue weighted by Crippen LogP contribution is 2.29. The predicted molar refractivity (Wildman–Crippen MR) is 163 cm³/mol. The van der Waals surface area contributed by atoms with Crippen LogP contribution in [0.25, 0.3) is 0 Å². The van der Waals surface area contributed by atoms with E-state index in [4.69, 9.17) is 29.1 Å². The highest BCUT2D eigenvalue weighted by atomic mass is 16.6. The molecule has 3 aromatic carbocycles. The number of nitrogens with one attached hydrogen (secondary N) is 1. The van der Waals surface area contributed by atoms with Crippen LogP contribution in [0, 0.1) is 5.41 Å². The van der Waals surface area contributed by atoms with E-state index in [9.17, 15) is 14.4 Å². The second kappa shape index (κ2) is 15.4. The standard InChI is InChI=1S/C33H37N3O8/c1-4-40-30(34)24-11-13-27(14-12-24)44-29-20-26(31(37)35-15-17-36(18-16-35)33(39)42-6-3)19-28(21-29)43-22-23-7-9-25(10-8-23)32(38)41-5-2/h7-14,19-21,34H,4-6,15-18,22H2,1-3H3. The van der Waals surface area contributed by atoms with Crippen LogP contribution in [-0.4, -0.2) is 79.7 Å². The van der Waals surface area contributed by atoms with Gasteiger partial charge in [0.15, 0.2) is 0 Å². The van der Waals surface area contributed by atoms with Crippen molar-refractivity contribution in [2.45, 2.75) is 27.4 Å². The van der Waals surface area contributed by atoms with Gasteiger partial charge in [-0.25, -0.2) is 9.59 Å². The quantitative estimate of drug-likeness (QED) is 0.173. The maximum absolute atomic E-state index is 13.6. The Morgan fingerprint density at radius 2 is 1.25 bits per heavy atom. The molecule has 1 N–H and O–H groups in total. The van der Waals surface area contributed by atoms with Crippen LogP contribution in [0.15, 0.2) is 66.7 Å². The van der Waals surface area contributed by atoms with Crippen LogP contribution < -0.4 is 9.47 Å². The molecule has 44 heavy (non-hydrogen) atoms. The van der Waals surface area contributed by atoms with E-state index in [0.29, 0.717) is 79.9 Å². The van der Waals surface area contributed by atoms with Crippen molar-refractivity contribution in [3.8, 4) is 17.2 Å². The molecule has 0 spiro atoms. The Labute approximate surface area is 256 Å². The number of hydrogen-bond donors (Lipinski definition) is 1. The number of nitrogens with zero attached hydrogens (tertiary/aromatic N) is 2. The lowest BCUT2D eigenvalue weighted by atomic mass is 10.1. The summed E-state index contributed by atoms with van der Waals surface area (Å²) in [6.07, 6.45) is -0.386. The molecule has 0 atom stereocenters.